The first-order valence-corrected chi connectivity index (χ1v) is 8.87. The summed E-state index contributed by atoms with van der Waals surface area (Å²) < 4.78 is 9.60. The lowest BCUT2D eigenvalue weighted by atomic mass is 9.95. The number of hydrogen-bond acceptors (Lipinski definition) is 5. The first-order valence-electron chi connectivity index (χ1n) is 8.87. The number of quaternary nitrogens is 1. The number of H-pyrrole nitrogens is 1. The highest BCUT2D eigenvalue weighted by Crippen LogP contribution is 2.41. The number of fused-ring (bicyclic) bond motifs is 1. The van der Waals surface area contributed by atoms with Crippen molar-refractivity contribution in [2.75, 3.05) is 14.2 Å². The van der Waals surface area contributed by atoms with E-state index in [9.17, 15) is 14.4 Å². The number of aromatic nitrogens is 1. The predicted molar refractivity (Wildman–Crippen MR) is 98.9 cm³/mol. The Balaban J connectivity index is 2.06. The molecule has 3 rings (SSSR count). The van der Waals surface area contributed by atoms with Gasteiger partial charge in [0.1, 0.15) is 11.5 Å². The number of likely N-dealkylation sites (N-methyl/N-ethyl adjacent to an activating group) is 1. The van der Waals surface area contributed by atoms with Gasteiger partial charge < -0.3 is 14.5 Å². The molecule has 1 unspecified atom stereocenters. The Hall–Kier alpha value is -2.67. The zero-order chi connectivity index (χ0) is 20.0. The van der Waals surface area contributed by atoms with E-state index in [0.29, 0.717) is 0 Å². The van der Waals surface area contributed by atoms with Crippen LogP contribution in [0.2, 0.25) is 0 Å². The highest BCUT2D eigenvalue weighted by atomic mass is 16.6. The van der Waals surface area contributed by atoms with E-state index in [2.05, 4.69) is 4.98 Å². The molecule has 1 aliphatic rings. The summed E-state index contributed by atoms with van der Waals surface area (Å²) in [6, 6.07) is 6.67. The molecule has 1 aromatic heterocycles. The van der Waals surface area contributed by atoms with Crippen molar-refractivity contribution < 1.29 is 28.3 Å². The van der Waals surface area contributed by atoms with Crippen LogP contribution in [-0.4, -0.2) is 53.2 Å². The second kappa shape index (κ2) is 6.49. The molecule has 1 fully saturated rings. The zero-order valence-corrected chi connectivity index (χ0v) is 16.2. The zero-order valence-electron chi connectivity index (χ0n) is 16.2. The molecule has 27 heavy (non-hydrogen) atoms. The van der Waals surface area contributed by atoms with Gasteiger partial charge in [-0.3, -0.25) is 0 Å². The number of carbonyl (C=O) groups excluding carboxylic acids is 3. The standard InChI is InChI=1S/C20H25N2O5/c1-20(2,3)27-19(25)22(4)16(18(24)26-5)10-13(17(22)23)14-11-21-15-9-7-6-8-12(14)15/h6-9,11,13,16,21H,10H2,1-5H3/q+1/t13-,16+,22?/m0/s1. The number of benzene rings is 1. The molecular weight excluding hydrogens is 348 g/mol. The summed E-state index contributed by atoms with van der Waals surface area (Å²) in [4.78, 5) is 41.9. The first-order chi connectivity index (χ1) is 12.6. The number of rotatable bonds is 2. The van der Waals surface area contributed by atoms with Crippen molar-refractivity contribution in [3.8, 4) is 0 Å². The molecule has 3 atom stereocenters. The first kappa shape index (κ1) is 19.1. The molecule has 1 aromatic carbocycles. The topological polar surface area (TPSA) is 85.5 Å². The molecule has 7 nitrogen and oxygen atoms in total. The largest absolute Gasteiger partial charge is 0.524 e. The summed E-state index contributed by atoms with van der Waals surface area (Å²) in [7, 11) is 2.69. The molecule has 0 saturated carbocycles. The van der Waals surface area contributed by atoms with Gasteiger partial charge in [0, 0.05) is 23.5 Å². The van der Waals surface area contributed by atoms with Crippen molar-refractivity contribution in [1.29, 1.82) is 0 Å². The van der Waals surface area contributed by atoms with Crippen molar-refractivity contribution in [1.82, 2.24) is 4.98 Å². The van der Waals surface area contributed by atoms with Crippen molar-refractivity contribution in [3.05, 3.63) is 36.0 Å². The van der Waals surface area contributed by atoms with Crippen molar-refractivity contribution in [2.45, 2.75) is 44.8 Å². The van der Waals surface area contributed by atoms with Crippen LogP contribution < -0.4 is 0 Å². The number of amides is 2. The molecule has 0 aliphatic carbocycles. The van der Waals surface area contributed by atoms with Gasteiger partial charge in [-0.15, -0.1) is 0 Å². The fourth-order valence-electron chi connectivity index (χ4n) is 3.67. The SMILES string of the molecule is COC(=O)[C@H]1C[C@@H](c2c[nH]c3ccccc23)C(=O)[N+]1(C)C(=O)OC(C)(C)C. The summed E-state index contributed by atoms with van der Waals surface area (Å²) in [6.07, 6.45) is 1.21. The maximum Gasteiger partial charge on any atom is 0.524 e. The van der Waals surface area contributed by atoms with Gasteiger partial charge in [-0.05, 0) is 32.4 Å². The third kappa shape index (κ3) is 3.12. The van der Waals surface area contributed by atoms with E-state index in [4.69, 9.17) is 9.47 Å². The summed E-state index contributed by atoms with van der Waals surface area (Å²) in [5.41, 5.74) is 0.890. The van der Waals surface area contributed by atoms with E-state index in [1.165, 1.54) is 14.2 Å². The molecule has 0 bridgehead atoms. The number of ether oxygens (including phenoxy) is 2. The van der Waals surface area contributed by atoms with Crippen LogP contribution in [0.5, 0.6) is 0 Å². The Morgan fingerprint density at radius 1 is 1.22 bits per heavy atom. The molecule has 2 amide bonds. The van der Waals surface area contributed by atoms with Crippen LogP contribution in [-0.2, 0) is 19.1 Å². The van der Waals surface area contributed by atoms with Crippen LogP contribution in [0.3, 0.4) is 0 Å². The summed E-state index contributed by atoms with van der Waals surface area (Å²) in [5, 5.41) is 0.900. The minimum atomic E-state index is -0.948. The number of nitrogens with one attached hydrogen (secondary N) is 1. The molecule has 144 valence electrons. The number of hydrogen-bond donors (Lipinski definition) is 1. The van der Waals surface area contributed by atoms with Crippen LogP contribution >= 0.6 is 0 Å². The lowest BCUT2D eigenvalue weighted by Gasteiger charge is -2.30. The minimum Gasteiger partial charge on any atom is -0.465 e. The van der Waals surface area contributed by atoms with Crippen LogP contribution in [0.1, 0.15) is 38.7 Å². The Morgan fingerprint density at radius 2 is 1.89 bits per heavy atom. The Bertz CT molecular complexity index is 910. The molecular formula is C20H25N2O5+. The summed E-state index contributed by atoms with van der Waals surface area (Å²) in [5.74, 6) is -1.58. The number of para-hydroxylation sites is 1. The number of aromatic amines is 1. The maximum absolute atomic E-state index is 13.4. The Morgan fingerprint density at radius 3 is 2.52 bits per heavy atom. The quantitative estimate of drug-likeness (QED) is 0.646. The smallest absolute Gasteiger partial charge is 0.465 e. The van der Waals surface area contributed by atoms with Crippen LogP contribution in [0.25, 0.3) is 10.9 Å². The number of carbonyl (C=O) groups is 3. The van der Waals surface area contributed by atoms with Gasteiger partial charge in [0.05, 0.1) is 14.2 Å². The highest BCUT2D eigenvalue weighted by molar-refractivity contribution is 5.97. The second-order valence-corrected chi connectivity index (χ2v) is 8.01. The fourth-order valence-corrected chi connectivity index (χ4v) is 3.67. The molecule has 1 N–H and O–H groups in total. The molecule has 0 spiro atoms. The number of likely N-dealkylation sites (tertiary alicyclic amines) is 1. The van der Waals surface area contributed by atoms with E-state index < -0.39 is 34.1 Å². The van der Waals surface area contributed by atoms with Gasteiger partial charge in [0.25, 0.3) is 0 Å². The number of methoxy groups -OCH3 is 1. The summed E-state index contributed by atoms with van der Waals surface area (Å²) >= 11 is 0. The molecule has 2 heterocycles. The average molecular weight is 373 g/mol. The molecule has 1 aliphatic heterocycles. The van der Waals surface area contributed by atoms with E-state index >= 15 is 0 Å². The fraction of sp³-hybridized carbons (Fsp3) is 0.450. The average Bonchev–Trinajstić information content (AvgIpc) is 3.13. The highest BCUT2D eigenvalue weighted by Gasteiger charge is 2.63. The predicted octanol–water partition coefficient (Wildman–Crippen LogP) is 3.11. The molecule has 0 radical (unpaired) electrons. The van der Waals surface area contributed by atoms with E-state index in [0.717, 1.165) is 16.5 Å². The van der Waals surface area contributed by atoms with Crippen LogP contribution in [0, 0.1) is 0 Å². The van der Waals surface area contributed by atoms with Gasteiger partial charge >= 0.3 is 18.0 Å². The Kier molecular flexibility index (Phi) is 4.59. The molecule has 2 aromatic rings. The van der Waals surface area contributed by atoms with Crippen molar-refractivity contribution in [2.24, 2.45) is 0 Å². The lowest BCUT2D eigenvalue weighted by molar-refractivity contribution is -0.771. The third-order valence-electron chi connectivity index (χ3n) is 5.08. The molecule has 1 saturated heterocycles. The number of nitrogens with zero attached hydrogens (tertiary/aromatic N) is 1. The van der Waals surface area contributed by atoms with E-state index in [1.54, 1.807) is 27.0 Å². The van der Waals surface area contributed by atoms with Gasteiger partial charge in [-0.25, -0.2) is 9.59 Å². The Labute approximate surface area is 157 Å². The van der Waals surface area contributed by atoms with Crippen molar-refractivity contribution >= 4 is 28.9 Å². The third-order valence-corrected chi connectivity index (χ3v) is 5.08. The number of esters is 1. The van der Waals surface area contributed by atoms with Gasteiger partial charge in [-0.2, -0.15) is 9.28 Å². The van der Waals surface area contributed by atoms with Gasteiger partial charge in [-0.1, -0.05) is 18.2 Å². The monoisotopic (exact) mass is 373 g/mol. The van der Waals surface area contributed by atoms with Gasteiger partial charge in [0.15, 0.2) is 0 Å². The van der Waals surface area contributed by atoms with E-state index in [-0.39, 0.29) is 12.3 Å². The van der Waals surface area contributed by atoms with Crippen LogP contribution in [0.15, 0.2) is 30.5 Å². The van der Waals surface area contributed by atoms with E-state index in [1.807, 2.05) is 24.3 Å². The minimum absolute atomic E-state index is 0.184. The normalized spacial score (nSPS) is 25.6. The number of imide groups is 1. The summed E-state index contributed by atoms with van der Waals surface area (Å²) in [6.45, 7) is 5.17. The second-order valence-electron chi connectivity index (χ2n) is 8.01. The van der Waals surface area contributed by atoms with Gasteiger partial charge in [0.2, 0.25) is 6.04 Å². The van der Waals surface area contributed by atoms with Crippen LogP contribution in [0.4, 0.5) is 4.79 Å². The lowest BCUT2D eigenvalue weighted by Crippen LogP contribution is -2.60. The molecule has 7 heteroatoms. The van der Waals surface area contributed by atoms with Crippen molar-refractivity contribution in [3.63, 3.8) is 0 Å². The maximum atomic E-state index is 13.4.